The van der Waals surface area contributed by atoms with Crippen LogP contribution in [-0.2, 0) is 4.74 Å². The van der Waals surface area contributed by atoms with E-state index in [-0.39, 0.29) is 15.0 Å². The molecule has 1 amide bonds. The van der Waals surface area contributed by atoms with Crippen LogP contribution in [-0.4, -0.2) is 43.1 Å². The van der Waals surface area contributed by atoms with E-state index in [1.165, 1.54) is 21.4 Å². The number of fused-ring (bicyclic) bond motifs is 2. The summed E-state index contributed by atoms with van der Waals surface area (Å²) in [6.07, 6.45) is 1.53. The number of H-pyrrole nitrogens is 2. The molecule has 0 spiro atoms. The molecule has 0 fully saturated rings. The third-order valence-corrected chi connectivity index (χ3v) is 5.84. The zero-order chi connectivity index (χ0) is 16.5. The maximum atomic E-state index is 11.3. The summed E-state index contributed by atoms with van der Waals surface area (Å²) in [6, 6.07) is 14.4. The first-order valence-corrected chi connectivity index (χ1v) is 9.03. The molecule has 3 N–H and O–H groups in total. The van der Waals surface area contributed by atoms with E-state index < -0.39 is 6.09 Å². The van der Waals surface area contributed by atoms with Crippen molar-refractivity contribution in [3.8, 4) is 0 Å². The molecule has 0 aliphatic heterocycles. The first-order chi connectivity index (χ1) is 11.7. The second-order valence-electron chi connectivity index (χ2n) is 5.18. The topological polar surface area (TPSA) is 82.8 Å². The van der Waals surface area contributed by atoms with Crippen molar-refractivity contribution >= 4 is 57.9 Å². The Balaban J connectivity index is 1.64. The molecule has 2 aromatic heterocycles. The number of ether oxygens (including phenoxy) is 1. The molecular formula is C17H14N4O2Se. The van der Waals surface area contributed by atoms with Crippen LogP contribution in [0.2, 0.25) is 0 Å². The van der Waals surface area contributed by atoms with Gasteiger partial charge in [0.05, 0.1) is 0 Å². The first kappa shape index (κ1) is 14.8. The number of nitrogens with zero attached hydrogens (tertiary/aromatic N) is 1. The number of rotatable bonds is 3. The summed E-state index contributed by atoms with van der Waals surface area (Å²) in [6.45, 7) is 0. The van der Waals surface area contributed by atoms with E-state index in [9.17, 15) is 4.79 Å². The normalized spacial score (nSPS) is 11.0. The predicted octanol–water partition coefficient (Wildman–Crippen LogP) is 1.88. The van der Waals surface area contributed by atoms with Gasteiger partial charge in [0.1, 0.15) is 0 Å². The van der Waals surface area contributed by atoms with E-state index in [4.69, 9.17) is 0 Å². The molecule has 2 aromatic carbocycles. The van der Waals surface area contributed by atoms with Gasteiger partial charge in [0.2, 0.25) is 0 Å². The summed E-state index contributed by atoms with van der Waals surface area (Å²) in [7, 11) is 1.32. The van der Waals surface area contributed by atoms with Gasteiger partial charge in [-0.3, -0.25) is 0 Å². The molecule has 0 radical (unpaired) electrons. The number of amides is 1. The van der Waals surface area contributed by atoms with E-state index in [0.29, 0.717) is 5.95 Å². The first-order valence-electron chi connectivity index (χ1n) is 7.31. The van der Waals surface area contributed by atoms with Crippen LogP contribution in [0.3, 0.4) is 0 Å². The molecule has 0 unspecified atom stereocenters. The predicted molar refractivity (Wildman–Crippen MR) is 95.4 cm³/mol. The van der Waals surface area contributed by atoms with E-state index in [1.807, 2.05) is 12.1 Å². The molecule has 0 aliphatic carbocycles. The summed E-state index contributed by atoms with van der Waals surface area (Å²) in [5.41, 5.74) is 2.85. The number of para-hydroxylation sites is 1. The SMILES string of the molecule is COC(=O)Nc1nc2ccc([Se]c3c[nH]c4ccccc34)cc2[nH]1. The van der Waals surface area contributed by atoms with Crippen molar-refractivity contribution in [2.24, 2.45) is 0 Å². The van der Waals surface area contributed by atoms with Gasteiger partial charge < -0.3 is 0 Å². The molecule has 7 heteroatoms. The van der Waals surface area contributed by atoms with Crippen molar-refractivity contribution in [3.63, 3.8) is 0 Å². The summed E-state index contributed by atoms with van der Waals surface area (Å²) in [5, 5.41) is 3.80. The molecule has 0 saturated carbocycles. The molecule has 0 atom stereocenters. The third kappa shape index (κ3) is 2.75. The Morgan fingerprint density at radius 2 is 2.08 bits per heavy atom. The number of hydrogen-bond acceptors (Lipinski definition) is 3. The number of aromatic nitrogens is 3. The third-order valence-electron chi connectivity index (χ3n) is 3.64. The van der Waals surface area contributed by atoms with Crippen LogP contribution < -0.4 is 14.2 Å². The van der Waals surface area contributed by atoms with Crippen LogP contribution in [0.15, 0.2) is 48.7 Å². The van der Waals surface area contributed by atoms with Crippen LogP contribution >= 0.6 is 0 Å². The number of carbonyl (C=O) groups excluding carboxylic acids is 1. The molecule has 0 saturated heterocycles. The second-order valence-corrected chi connectivity index (χ2v) is 7.52. The molecular weight excluding hydrogens is 371 g/mol. The fraction of sp³-hybridized carbons (Fsp3) is 0.0588. The van der Waals surface area contributed by atoms with E-state index in [2.05, 4.69) is 61.5 Å². The Kier molecular flexibility index (Phi) is 3.72. The molecule has 120 valence electrons. The molecule has 0 aliphatic rings. The van der Waals surface area contributed by atoms with Crippen molar-refractivity contribution in [2.75, 3.05) is 12.4 Å². The number of methoxy groups -OCH3 is 1. The zero-order valence-electron chi connectivity index (χ0n) is 12.8. The van der Waals surface area contributed by atoms with Gasteiger partial charge in [0, 0.05) is 0 Å². The summed E-state index contributed by atoms with van der Waals surface area (Å²) >= 11 is 0.175. The molecule has 4 aromatic rings. The van der Waals surface area contributed by atoms with Crippen LogP contribution in [0.25, 0.3) is 21.9 Å². The van der Waals surface area contributed by atoms with Gasteiger partial charge in [-0.15, -0.1) is 0 Å². The molecule has 0 bridgehead atoms. The number of nitrogens with one attached hydrogen (secondary N) is 3. The number of anilines is 1. The number of carbonyl (C=O) groups is 1. The van der Waals surface area contributed by atoms with Crippen LogP contribution in [0.4, 0.5) is 10.7 Å². The Bertz CT molecular complexity index is 1040. The van der Waals surface area contributed by atoms with E-state index in [0.717, 1.165) is 16.6 Å². The van der Waals surface area contributed by atoms with Crippen LogP contribution in [0.5, 0.6) is 0 Å². The average molecular weight is 385 g/mol. The summed E-state index contributed by atoms with van der Waals surface area (Å²) in [4.78, 5) is 22.0. The van der Waals surface area contributed by atoms with Gasteiger partial charge in [0.15, 0.2) is 0 Å². The number of aromatic amines is 2. The van der Waals surface area contributed by atoms with Gasteiger partial charge in [-0.2, -0.15) is 0 Å². The van der Waals surface area contributed by atoms with Crippen molar-refractivity contribution in [1.82, 2.24) is 15.0 Å². The average Bonchev–Trinajstić information content (AvgIpc) is 3.18. The minimum atomic E-state index is -0.544. The van der Waals surface area contributed by atoms with Gasteiger partial charge in [-0.25, -0.2) is 0 Å². The van der Waals surface area contributed by atoms with Gasteiger partial charge in [-0.05, 0) is 0 Å². The van der Waals surface area contributed by atoms with E-state index >= 15 is 0 Å². The standard InChI is InChI=1S/C17H14N4O2Se/c1-23-17(22)21-16-19-13-7-6-10(8-14(13)20-16)24-15-9-18-12-5-3-2-4-11(12)15/h2-9,18H,1H3,(H2,19,20,21,22). The van der Waals surface area contributed by atoms with Gasteiger partial charge in [-0.1, -0.05) is 0 Å². The van der Waals surface area contributed by atoms with Gasteiger partial charge >= 0.3 is 143 Å². The van der Waals surface area contributed by atoms with Crippen molar-refractivity contribution < 1.29 is 9.53 Å². The summed E-state index contributed by atoms with van der Waals surface area (Å²) in [5.74, 6) is 0.383. The minimum absolute atomic E-state index is 0.175. The Labute approximate surface area is 143 Å². The number of hydrogen-bond donors (Lipinski definition) is 3. The van der Waals surface area contributed by atoms with Crippen molar-refractivity contribution in [1.29, 1.82) is 0 Å². The number of imidazole rings is 1. The monoisotopic (exact) mass is 386 g/mol. The fourth-order valence-corrected chi connectivity index (χ4v) is 4.56. The zero-order valence-corrected chi connectivity index (χ0v) is 14.5. The molecule has 2 heterocycles. The van der Waals surface area contributed by atoms with Gasteiger partial charge in [0.25, 0.3) is 0 Å². The molecule has 6 nitrogen and oxygen atoms in total. The Morgan fingerprint density at radius 1 is 1.21 bits per heavy atom. The summed E-state index contributed by atoms with van der Waals surface area (Å²) < 4.78 is 7.11. The fourth-order valence-electron chi connectivity index (χ4n) is 2.52. The number of benzene rings is 2. The van der Waals surface area contributed by atoms with Crippen molar-refractivity contribution in [2.45, 2.75) is 0 Å². The Hall–Kier alpha value is -2.76. The van der Waals surface area contributed by atoms with Crippen LogP contribution in [0.1, 0.15) is 0 Å². The maximum absolute atomic E-state index is 11.3. The van der Waals surface area contributed by atoms with Crippen LogP contribution in [0, 0.1) is 0 Å². The van der Waals surface area contributed by atoms with E-state index in [1.54, 1.807) is 0 Å². The second kappa shape index (κ2) is 6.03. The Morgan fingerprint density at radius 3 is 2.96 bits per heavy atom. The quantitative estimate of drug-likeness (QED) is 0.471. The molecule has 24 heavy (non-hydrogen) atoms. The van der Waals surface area contributed by atoms with Crippen molar-refractivity contribution in [3.05, 3.63) is 48.7 Å². The molecule has 4 rings (SSSR count).